The van der Waals surface area contributed by atoms with Gasteiger partial charge < -0.3 is 4.74 Å². The Morgan fingerprint density at radius 1 is 1.35 bits per heavy atom. The van der Waals surface area contributed by atoms with Gasteiger partial charge in [0.1, 0.15) is 0 Å². The Morgan fingerprint density at radius 3 is 2.73 bits per heavy atom. The molecule has 0 saturated carbocycles. The number of ether oxygens (including phenoxy) is 1. The van der Waals surface area contributed by atoms with Crippen LogP contribution in [0.2, 0.25) is 0 Å². The predicted molar refractivity (Wildman–Crippen MR) is 103 cm³/mol. The number of carbonyl (C=O) groups is 1. The number of aryl methyl sites for hydroxylation is 1. The van der Waals surface area contributed by atoms with Gasteiger partial charge in [0.05, 0.1) is 42.1 Å². The molecule has 1 N–H and O–H groups in total. The van der Waals surface area contributed by atoms with Crippen molar-refractivity contribution in [2.45, 2.75) is 26.3 Å². The van der Waals surface area contributed by atoms with E-state index in [4.69, 9.17) is 4.74 Å². The quantitative estimate of drug-likeness (QED) is 0.625. The maximum Gasteiger partial charge on any atom is 0.246 e. The van der Waals surface area contributed by atoms with Gasteiger partial charge in [0.2, 0.25) is 5.91 Å². The maximum absolute atomic E-state index is 12.2. The van der Waals surface area contributed by atoms with Crippen LogP contribution in [-0.2, 0) is 16.0 Å². The highest BCUT2D eigenvalue weighted by Crippen LogP contribution is 2.23. The smallest absolute Gasteiger partial charge is 0.246 e. The van der Waals surface area contributed by atoms with Crippen molar-refractivity contribution in [2.75, 3.05) is 26.3 Å². The van der Waals surface area contributed by atoms with Gasteiger partial charge in [0.25, 0.3) is 0 Å². The van der Waals surface area contributed by atoms with Crippen LogP contribution >= 0.6 is 11.3 Å². The molecule has 3 rings (SSSR count). The van der Waals surface area contributed by atoms with Gasteiger partial charge in [-0.25, -0.2) is 10.4 Å². The van der Waals surface area contributed by atoms with Crippen molar-refractivity contribution in [3.8, 4) is 0 Å². The van der Waals surface area contributed by atoms with Crippen molar-refractivity contribution < 1.29 is 9.53 Å². The van der Waals surface area contributed by atoms with E-state index >= 15 is 0 Å². The SMILES string of the molecule is C/C(=N/NC(=O)Cc1csc(C)n1)[C@H](c1ccccc1)N1CCOCC1. The lowest BCUT2D eigenvalue weighted by Crippen LogP contribution is -2.42. The molecule has 1 aliphatic heterocycles. The van der Waals surface area contributed by atoms with Gasteiger partial charge in [0.15, 0.2) is 0 Å². The van der Waals surface area contributed by atoms with Crippen LogP contribution in [0.15, 0.2) is 40.8 Å². The first kappa shape index (κ1) is 18.7. The van der Waals surface area contributed by atoms with E-state index in [2.05, 4.69) is 32.5 Å². The van der Waals surface area contributed by atoms with Crippen LogP contribution in [0.3, 0.4) is 0 Å². The number of hydrogen-bond acceptors (Lipinski definition) is 6. The second kappa shape index (κ2) is 9.02. The predicted octanol–water partition coefficient (Wildman–Crippen LogP) is 2.56. The number of hydrogen-bond donors (Lipinski definition) is 1. The monoisotopic (exact) mass is 372 g/mol. The van der Waals surface area contributed by atoms with E-state index in [1.165, 1.54) is 5.56 Å². The van der Waals surface area contributed by atoms with E-state index in [9.17, 15) is 4.79 Å². The van der Waals surface area contributed by atoms with Crippen molar-refractivity contribution in [3.63, 3.8) is 0 Å². The second-order valence-corrected chi connectivity index (χ2v) is 7.35. The summed E-state index contributed by atoms with van der Waals surface area (Å²) < 4.78 is 5.47. The standard InChI is InChI=1S/C19H24N4O2S/c1-14(21-22-18(24)12-17-13-26-15(2)20-17)19(16-6-4-3-5-7-16)23-8-10-25-11-9-23/h3-7,13,19H,8-12H2,1-2H3,(H,22,24)/b21-14-/t19-/m1/s1. The summed E-state index contributed by atoms with van der Waals surface area (Å²) in [6.07, 6.45) is 0.245. The minimum Gasteiger partial charge on any atom is -0.379 e. The molecule has 0 aliphatic carbocycles. The van der Waals surface area contributed by atoms with E-state index in [0.717, 1.165) is 29.5 Å². The highest BCUT2D eigenvalue weighted by atomic mass is 32.1. The van der Waals surface area contributed by atoms with Gasteiger partial charge in [-0.05, 0) is 19.4 Å². The van der Waals surface area contributed by atoms with Crippen LogP contribution in [0.1, 0.15) is 29.2 Å². The third kappa shape index (κ3) is 4.97. The van der Waals surface area contributed by atoms with Crippen LogP contribution < -0.4 is 5.43 Å². The minimum absolute atomic E-state index is 0.0296. The number of morpholine rings is 1. The van der Waals surface area contributed by atoms with Crippen LogP contribution in [0.5, 0.6) is 0 Å². The van der Waals surface area contributed by atoms with Gasteiger partial charge in [-0.1, -0.05) is 30.3 Å². The van der Waals surface area contributed by atoms with Gasteiger partial charge in [-0.15, -0.1) is 11.3 Å². The molecule has 1 atom stereocenters. The second-order valence-electron chi connectivity index (χ2n) is 6.28. The summed E-state index contributed by atoms with van der Waals surface area (Å²) in [4.78, 5) is 18.8. The van der Waals surface area contributed by atoms with E-state index in [0.29, 0.717) is 13.2 Å². The fourth-order valence-electron chi connectivity index (χ4n) is 3.09. The zero-order chi connectivity index (χ0) is 18.4. The van der Waals surface area contributed by atoms with E-state index in [-0.39, 0.29) is 18.4 Å². The summed E-state index contributed by atoms with van der Waals surface area (Å²) >= 11 is 1.55. The highest BCUT2D eigenvalue weighted by molar-refractivity contribution is 7.09. The maximum atomic E-state index is 12.2. The fraction of sp³-hybridized carbons (Fsp3) is 0.421. The zero-order valence-corrected chi connectivity index (χ0v) is 16.0. The third-order valence-electron chi connectivity index (χ3n) is 4.29. The molecule has 26 heavy (non-hydrogen) atoms. The molecule has 0 unspecified atom stereocenters. The lowest BCUT2D eigenvalue weighted by molar-refractivity contribution is -0.120. The Labute approximate surface area is 157 Å². The van der Waals surface area contributed by atoms with Gasteiger partial charge in [-0.3, -0.25) is 9.69 Å². The third-order valence-corrected chi connectivity index (χ3v) is 5.11. The Hall–Kier alpha value is -2.09. The Morgan fingerprint density at radius 2 is 2.08 bits per heavy atom. The van der Waals surface area contributed by atoms with E-state index in [1.807, 2.05) is 37.4 Å². The highest BCUT2D eigenvalue weighted by Gasteiger charge is 2.25. The number of nitrogens with zero attached hydrogens (tertiary/aromatic N) is 3. The Kier molecular flexibility index (Phi) is 6.49. The summed E-state index contributed by atoms with van der Waals surface area (Å²) in [6.45, 7) is 7.01. The molecular weight excluding hydrogens is 348 g/mol. The molecule has 1 aromatic carbocycles. The number of aromatic nitrogens is 1. The molecule has 1 fully saturated rings. The van der Waals surface area contributed by atoms with E-state index < -0.39 is 0 Å². The number of hydrazone groups is 1. The van der Waals surface area contributed by atoms with Crippen molar-refractivity contribution in [1.82, 2.24) is 15.3 Å². The molecule has 1 aromatic heterocycles. The topological polar surface area (TPSA) is 66.8 Å². The summed E-state index contributed by atoms with van der Waals surface area (Å²) in [7, 11) is 0. The summed E-state index contributed by atoms with van der Waals surface area (Å²) in [5, 5.41) is 7.26. The molecule has 1 aliphatic rings. The zero-order valence-electron chi connectivity index (χ0n) is 15.1. The molecule has 7 heteroatoms. The molecular formula is C19H24N4O2S. The van der Waals surface area contributed by atoms with Crippen LogP contribution in [0.4, 0.5) is 0 Å². The van der Waals surface area contributed by atoms with Gasteiger partial charge in [0, 0.05) is 18.5 Å². The van der Waals surface area contributed by atoms with Crippen molar-refractivity contribution in [1.29, 1.82) is 0 Å². The van der Waals surface area contributed by atoms with Gasteiger partial charge >= 0.3 is 0 Å². The fourth-order valence-corrected chi connectivity index (χ4v) is 3.70. The van der Waals surface area contributed by atoms with Crippen molar-refractivity contribution >= 4 is 23.0 Å². The number of benzene rings is 1. The van der Waals surface area contributed by atoms with Crippen LogP contribution in [-0.4, -0.2) is 47.8 Å². The Balaban J connectivity index is 1.70. The summed E-state index contributed by atoms with van der Waals surface area (Å²) in [6, 6.07) is 10.3. The largest absolute Gasteiger partial charge is 0.379 e. The van der Waals surface area contributed by atoms with E-state index in [1.54, 1.807) is 11.3 Å². The number of amides is 1. The van der Waals surface area contributed by atoms with Crippen molar-refractivity contribution in [3.05, 3.63) is 52.0 Å². The lowest BCUT2D eigenvalue weighted by Gasteiger charge is -2.34. The van der Waals surface area contributed by atoms with Gasteiger partial charge in [-0.2, -0.15) is 5.10 Å². The minimum atomic E-state index is -0.150. The van der Waals surface area contributed by atoms with Crippen LogP contribution in [0.25, 0.3) is 0 Å². The summed E-state index contributed by atoms with van der Waals surface area (Å²) in [5.74, 6) is -0.150. The normalized spacial score (nSPS) is 17.1. The van der Waals surface area contributed by atoms with Crippen LogP contribution in [0, 0.1) is 6.92 Å². The lowest BCUT2D eigenvalue weighted by atomic mass is 10.0. The first-order chi connectivity index (χ1) is 12.6. The molecule has 0 radical (unpaired) electrons. The molecule has 6 nitrogen and oxygen atoms in total. The number of thiazole rings is 1. The molecule has 138 valence electrons. The molecule has 1 saturated heterocycles. The number of rotatable bonds is 6. The molecule has 1 amide bonds. The first-order valence-electron chi connectivity index (χ1n) is 8.74. The molecule has 2 aromatic rings. The molecule has 0 bridgehead atoms. The number of nitrogens with one attached hydrogen (secondary N) is 1. The average molecular weight is 372 g/mol. The average Bonchev–Trinajstić information content (AvgIpc) is 3.07. The Bertz CT molecular complexity index is 754. The summed E-state index contributed by atoms with van der Waals surface area (Å²) in [5.41, 5.74) is 5.50. The molecule has 0 spiro atoms. The number of carbonyl (C=O) groups excluding carboxylic acids is 1. The van der Waals surface area contributed by atoms with Crippen molar-refractivity contribution in [2.24, 2.45) is 5.10 Å². The first-order valence-corrected chi connectivity index (χ1v) is 9.62. The molecule has 2 heterocycles.